The maximum atomic E-state index is 12.1. The first-order chi connectivity index (χ1) is 10.0. The van der Waals surface area contributed by atoms with Crippen LogP contribution in [0, 0.1) is 0 Å². The molecular weight excluding hydrogens is 276 g/mol. The average molecular weight is 288 g/mol. The number of hydrogen-bond donors (Lipinski definition) is 4. The van der Waals surface area contributed by atoms with Gasteiger partial charge < -0.3 is 30.7 Å². The molecule has 21 heavy (non-hydrogen) atoms. The third kappa shape index (κ3) is 2.36. The molecule has 7 heteroatoms. The van der Waals surface area contributed by atoms with Gasteiger partial charge in [-0.1, -0.05) is 0 Å². The highest BCUT2D eigenvalue weighted by molar-refractivity contribution is 6.07. The van der Waals surface area contributed by atoms with Gasteiger partial charge in [-0.2, -0.15) is 0 Å². The zero-order valence-corrected chi connectivity index (χ0v) is 10.8. The minimum atomic E-state index is -0.603. The Balaban J connectivity index is 1.90. The molecule has 0 aromatic heterocycles. The summed E-state index contributed by atoms with van der Waals surface area (Å²) >= 11 is 0. The summed E-state index contributed by atoms with van der Waals surface area (Å²) in [6, 6.07) is 6.75. The molecule has 7 nitrogen and oxygen atoms in total. The fourth-order valence-electron chi connectivity index (χ4n) is 1.96. The number of amides is 1. The molecule has 5 N–H and O–H groups in total. The first-order valence-electron chi connectivity index (χ1n) is 6.07. The minimum Gasteiger partial charge on any atom is -0.508 e. The van der Waals surface area contributed by atoms with Crippen LogP contribution in [0.3, 0.4) is 0 Å². The lowest BCUT2D eigenvalue weighted by atomic mass is 10.1. The van der Waals surface area contributed by atoms with Crippen LogP contribution in [0.4, 0.5) is 11.4 Å². The highest BCUT2D eigenvalue weighted by atomic mass is 16.7. The Bertz CT molecular complexity index is 730. The highest BCUT2D eigenvalue weighted by Crippen LogP contribution is 2.38. The van der Waals surface area contributed by atoms with E-state index in [1.807, 2.05) is 0 Å². The van der Waals surface area contributed by atoms with Crippen molar-refractivity contribution in [3.8, 4) is 23.0 Å². The molecule has 2 aromatic rings. The van der Waals surface area contributed by atoms with E-state index in [1.165, 1.54) is 18.2 Å². The van der Waals surface area contributed by atoms with Gasteiger partial charge in [-0.15, -0.1) is 0 Å². The molecule has 0 bridgehead atoms. The number of nitrogens with two attached hydrogens (primary N) is 1. The van der Waals surface area contributed by atoms with Crippen molar-refractivity contribution in [2.75, 3.05) is 17.8 Å². The summed E-state index contributed by atoms with van der Waals surface area (Å²) in [6.07, 6.45) is 0. The Labute approximate surface area is 119 Å². The molecule has 108 valence electrons. The molecule has 0 atom stereocenters. The molecule has 0 fully saturated rings. The number of hydrogen-bond acceptors (Lipinski definition) is 6. The molecule has 0 unspecified atom stereocenters. The number of anilines is 2. The van der Waals surface area contributed by atoms with Crippen molar-refractivity contribution in [1.82, 2.24) is 0 Å². The maximum Gasteiger partial charge on any atom is 0.259 e. The minimum absolute atomic E-state index is 0.0629. The number of aromatic hydroxyl groups is 2. The Kier molecular flexibility index (Phi) is 2.94. The van der Waals surface area contributed by atoms with Crippen molar-refractivity contribution >= 4 is 17.3 Å². The summed E-state index contributed by atoms with van der Waals surface area (Å²) < 4.78 is 10.4. The molecule has 1 aliphatic heterocycles. The number of phenolic OH excluding ortho intramolecular Hbond substituents is 2. The zero-order valence-electron chi connectivity index (χ0n) is 10.8. The molecule has 0 aliphatic carbocycles. The maximum absolute atomic E-state index is 12.1. The molecule has 3 rings (SSSR count). The predicted molar refractivity (Wildman–Crippen MR) is 74.7 cm³/mol. The van der Waals surface area contributed by atoms with E-state index in [2.05, 4.69) is 5.32 Å². The van der Waals surface area contributed by atoms with Crippen LogP contribution < -0.4 is 20.5 Å². The average Bonchev–Trinajstić information content (AvgIpc) is 2.88. The van der Waals surface area contributed by atoms with Crippen LogP contribution in [-0.2, 0) is 0 Å². The van der Waals surface area contributed by atoms with Crippen LogP contribution in [0.25, 0.3) is 0 Å². The summed E-state index contributed by atoms with van der Waals surface area (Å²) in [5.41, 5.74) is 6.39. The van der Waals surface area contributed by atoms with Crippen LogP contribution in [0.15, 0.2) is 30.3 Å². The third-order valence-corrected chi connectivity index (χ3v) is 3.02. The lowest BCUT2D eigenvalue weighted by Gasteiger charge is -2.10. The number of carbonyl (C=O) groups excluding carboxylic acids is 1. The van der Waals surface area contributed by atoms with Crippen LogP contribution in [0.2, 0.25) is 0 Å². The summed E-state index contributed by atoms with van der Waals surface area (Å²) in [7, 11) is 0. The van der Waals surface area contributed by atoms with E-state index in [1.54, 1.807) is 6.07 Å². The summed E-state index contributed by atoms with van der Waals surface area (Å²) in [6.45, 7) is 0.0967. The number of fused-ring (bicyclic) bond motifs is 1. The number of phenols is 2. The number of carbonyl (C=O) groups is 1. The lowest BCUT2D eigenvalue weighted by molar-refractivity contribution is 0.102. The third-order valence-electron chi connectivity index (χ3n) is 3.02. The lowest BCUT2D eigenvalue weighted by Crippen LogP contribution is -2.13. The van der Waals surface area contributed by atoms with Gasteiger partial charge in [0.1, 0.15) is 11.5 Å². The Morgan fingerprint density at radius 1 is 1.14 bits per heavy atom. The van der Waals surface area contributed by atoms with Crippen LogP contribution >= 0.6 is 0 Å². The fraction of sp³-hybridized carbons (Fsp3) is 0.0714. The number of rotatable bonds is 2. The van der Waals surface area contributed by atoms with E-state index in [4.69, 9.17) is 15.2 Å². The molecule has 1 amide bonds. The van der Waals surface area contributed by atoms with Gasteiger partial charge in [-0.05, 0) is 18.2 Å². The molecule has 2 aromatic carbocycles. The summed E-state index contributed by atoms with van der Waals surface area (Å²) in [4.78, 5) is 12.1. The molecule has 0 saturated carbocycles. The van der Waals surface area contributed by atoms with Crippen LogP contribution in [0.5, 0.6) is 23.0 Å². The van der Waals surface area contributed by atoms with Gasteiger partial charge in [0, 0.05) is 12.1 Å². The number of ether oxygens (including phenoxy) is 2. The Hall–Kier alpha value is -3.09. The van der Waals surface area contributed by atoms with Crippen molar-refractivity contribution in [3.05, 3.63) is 35.9 Å². The second-order valence-corrected chi connectivity index (χ2v) is 4.45. The Morgan fingerprint density at radius 2 is 1.86 bits per heavy atom. The van der Waals surface area contributed by atoms with Gasteiger partial charge in [0.25, 0.3) is 5.91 Å². The molecular formula is C14H12N2O5. The smallest absolute Gasteiger partial charge is 0.259 e. The number of benzene rings is 2. The fourth-order valence-corrected chi connectivity index (χ4v) is 1.96. The van der Waals surface area contributed by atoms with E-state index in [0.717, 1.165) is 6.07 Å². The summed E-state index contributed by atoms with van der Waals surface area (Å²) in [5.74, 6) is 0.000483. The quantitative estimate of drug-likeness (QED) is 0.493. The van der Waals surface area contributed by atoms with E-state index in [9.17, 15) is 15.0 Å². The van der Waals surface area contributed by atoms with Crippen LogP contribution in [-0.4, -0.2) is 22.9 Å². The van der Waals surface area contributed by atoms with Gasteiger partial charge in [0.2, 0.25) is 6.79 Å². The van der Waals surface area contributed by atoms with Gasteiger partial charge in [0.05, 0.1) is 16.9 Å². The number of nitrogens with one attached hydrogen (secondary N) is 1. The predicted octanol–water partition coefficient (Wildman–Crippen LogP) is 1.66. The molecule has 1 heterocycles. The van der Waals surface area contributed by atoms with Gasteiger partial charge in [-0.3, -0.25) is 4.79 Å². The van der Waals surface area contributed by atoms with Crippen molar-refractivity contribution in [2.24, 2.45) is 0 Å². The van der Waals surface area contributed by atoms with E-state index in [-0.39, 0.29) is 23.9 Å². The standard InChI is InChI=1S/C14H12N2O5/c15-9-4-12-13(21-6-20-12)5-10(9)16-14(19)8-3-7(17)1-2-11(8)18/h1-5,17-18H,6,15H2,(H,16,19). The molecule has 0 radical (unpaired) electrons. The first-order valence-corrected chi connectivity index (χ1v) is 6.07. The highest BCUT2D eigenvalue weighted by Gasteiger charge is 2.19. The van der Waals surface area contributed by atoms with E-state index < -0.39 is 5.91 Å². The normalized spacial score (nSPS) is 12.2. The van der Waals surface area contributed by atoms with Gasteiger partial charge in [0.15, 0.2) is 11.5 Å². The second-order valence-electron chi connectivity index (χ2n) is 4.45. The summed E-state index contributed by atoms with van der Waals surface area (Å²) in [5, 5.41) is 21.6. The van der Waals surface area contributed by atoms with Crippen LogP contribution in [0.1, 0.15) is 10.4 Å². The monoisotopic (exact) mass is 288 g/mol. The Morgan fingerprint density at radius 3 is 2.62 bits per heavy atom. The number of nitrogen functional groups attached to an aromatic ring is 1. The zero-order chi connectivity index (χ0) is 15.0. The van der Waals surface area contributed by atoms with E-state index >= 15 is 0 Å². The van der Waals surface area contributed by atoms with Gasteiger partial charge in [-0.25, -0.2) is 0 Å². The molecule has 0 saturated heterocycles. The van der Waals surface area contributed by atoms with Crippen molar-refractivity contribution in [3.63, 3.8) is 0 Å². The topological polar surface area (TPSA) is 114 Å². The molecule has 1 aliphatic rings. The second kappa shape index (κ2) is 4.78. The van der Waals surface area contributed by atoms with Gasteiger partial charge >= 0.3 is 0 Å². The van der Waals surface area contributed by atoms with Crippen molar-refractivity contribution in [2.45, 2.75) is 0 Å². The van der Waals surface area contributed by atoms with Crippen molar-refractivity contribution in [1.29, 1.82) is 0 Å². The molecule has 0 spiro atoms. The first kappa shape index (κ1) is 12.9. The SMILES string of the molecule is Nc1cc2c(cc1NC(=O)c1cc(O)ccc1O)OCO2. The van der Waals surface area contributed by atoms with Crippen molar-refractivity contribution < 1.29 is 24.5 Å². The van der Waals surface area contributed by atoms with E-state index in [0.29, 0.717) is 22.9 Å². The largest absolute Gasteiger partial charge is 0.508 e.